The lowest BCUT2D eigenvalue weighted by Gasteiger charge is -2.25. The number of aryl methyl sites for hydroxylation is 3. The van der Waals surface area contributed by atoms with Crippen molar-refractivity contribution in [3.63, 3.8) is 0 Å². The second kappa shape index (κ2) is 8.99. The molecule has 4 aromatic rings. The molecule has 182 valence electrons. The van der Waals surface area contributed by atoms with Crippen LogP contribution in [-0.2, 0) is 16.6 Å². The number of aromatic nitrogens is 1. The van der Waals surface area contributed by atoms with E-state index in [1.807, 2.05) is 74.1 Å². The molecule has 1 aliphatic rings. The van der Waals surface area contributed by atoms with Gasteiger partial charge in [0.25, 0.3) is 11.7 Å². The van der Waals surface area contributed by atoms with Gasteiger partial charge in [-0.3, -0.25) is 14.5 Å². The van der Waals surface area contributed by atoms with Gasteiger partial charge in [-0.1, -0.05) is 24.3 Å². The highest BCUT2D eigenvalue weighted by atomic mass is 79.9. The fourth-order valence-electron chi connectivity index (χ4n) is 5.04. The van der Waals surface area contributed by atoms with Crippen molar-refractivity contribution in [3.8, 4) is 5.75 Å². The molecule has 7 heteroatoms. The van der Waals surface area contributed by atoms with Crippen molar-refractivity contribution in [1.82, 2.24) is 4.57 Å². The van der Waals surface area contributed by atoms with Gasteiger partial charge in [-0.25, -0.2) is 0 Å². The first kappa shape index (κ1) is 23.9. The third kappa shape index (κ3) is 3.80. The fraction of sp³-hybridized carbons (Fsp3) is 0.172. The molecule has 1 N–H and O–H groups in total. The summed E-state index contributed by atoms with van der Waals surface area (Å²) in [5.74, 6) is -1.04. The van der Waals surface area contributed by atoms with Crippen LogP contribution in [0.5, 0.6) is 5.75 Å². The molecule has 0 spiro atoms. The van der Waals surface area contributed by atoms with Crippen molar-refractivity contribution >= 4 is 50.0 Å². The zero-order valence-corrected chi connectivity index (χ0v) is 22.0. The Morgan fingerprint density at radius 3 is 2.36 bits per heavy atom. The Morgan fingerprint density at radius 1 is 1.00 bits per heavy atom. The maximum absolute atomic E-state index is 13.6. The highest BCUT2D eigenvalue weighted by molar-refractivity contribution is 9.10. The maximum Gasteiger partial charge on any atom is 0.300 e. The van der Waals surface area contributed by atoms with E-state index >= 15 is 0 Å². The molecule has 1 amide bonds. The molecule has 1 atom stereocenters. The second-order valence-electron chi connectivity index (χ2n) is 9.08. The van der Waals surface area contributed by atoms with Crippen molar-refractivity contribution < 1.29 is 19.4 Å². The lowest BCUT2D eigenvalue weighted by Crippen LogP contribution is -2.29. The van der Waals surface area contributed by atoms with Crippen LogP contribution >= 0.6 is 15.9 Å². The largest absolute Gasteiger partial charge is 0.507 e. The molecule has 2 heterocycles. The van der Waals surface area contributed by atoms with Crippen LogP contribution in [0.25, 0.3) is 16.7 Å². The van der Waals surface area contributed by atoms with Crippen LogP contribution in [0.15, 0.2) is 76.9 Å². The number of ether oxygens (including phenoxy) is 1. The van der Waals surface area contributed by atoms with Gasteiger partial charge in [-0.15, -0.1) is 0 Å². The summed E-state index contributed by atoms with van der Waals surface area (Å²) < 4.78 is 7.90. The van der Waals surface area contributed by atoms with Gasteiger partial charge in [0.1, 0.15) is 11.5 Å². The summed E-state index contributed by atoms with van der Waals surface area (Å²) in [4.78, 5) is 28.6. The summed E-state index contributed by atoms with van der Waals surface area (Å²) in [5.41, 5.74) is 4.75. The second-order valence-corrected chi connectivity index (χ2v) is 9.93. The number of anilines is 1. The number of aliphatic hydroxyl groups is 1. The summed E-state index contributed by atoms with van der Waals surface area (Å²) >= 11 is 3.45. The van der Waals surface area contributed by atoms with Crippen LogP contribution in [0.2, 0.25) is 0 Å². The summed E-state index contributed by atoms with van der Waals surface area (Å²) in [6, 6.07) is 17.9. The molecule has 0 saturated carbocycles. The molecule has 6 nitrogen and oxygen atoms in total. The number of benzene rings is 3. The maximum atomic E-state index is 13.6. The molecule has 1 aliphatic heterocycles. The Bertz CT molecular complexity index is 1560. The molecule has 0 aliphatic carbocycles. The molecular formula is C29H25BrN2O4. The van der Waals surface area contributed by atoms with Gasteiger partial charge in [0.05, 0.1) is 23.2 Å². The Balaban J connectivity index is 1.81. The number of hydrogen-bond donors (Lipinski definition) is 1. The predicted octanol–water partition coefficient (Wildman–Crippen LogP) is 6.19. The highest BCUT2D eigenvalue weighted by Gasteiger charge is 2.48. The van der Waals surface area contributed by atoms with Crippen molar-refractivity contribution in [3.05, 3.63) is 99.2 Å². The molecule has 1 saturated heterocycles. The first-order chi connectivity index (χ1) is 17.2. The van der Waals surface area contributed by atoms with Crippen molar-refractivity contribution in [2.75, 3.05) is 12.0 Å². The molecule has 1 fully saturated rings. The van der Waals surface area contributed by atoms with Crippen LogP contribution in [0.3, 0.4) is 0 Å². The number of aliphatic hydroxyl groups excluding tert-OH is 1. The van der Waals surface area contributed by atoms with E-state index in [0.717, 1.165) is 27.6 Å². The predicted molar refractivity (Wildman–Crippen MR) is 144 cm³/mol. The van der Waals surface area contributed by atoms with Gasteiger partial charge in [0.15, 0.2) is 0 Å². The number of para-hydroxylation sites is 1. The van der Waals surface area contributed by atoms with Gasteiger partial charge in [0, 0.05) is 41.0 Å². The Morgan fingerprint density at radius 2 is 1.69 bits per heavy atom. The van der Waals surface area contributed by atoms with E-state index in [1.54, 1.807) is 25.3 Å². The average molecular weight is 545 g/mol. The van der Waals surface area contributed by atoms with Gasteiger partial charge < -0.3 is 14.4 Å². The number of Topliss-reactive ketones (excluding diaryl/α,β-unsaturated/α-hetero) is 1. The topological polar surface area (TPSA) is 71.8 Å². The monoisotopic (exact) mass is 544 g/mol. The van der Waals surface area contributed by atoms with E-state index in [9.17, 15) is 14.7 Å². The Kier molecular flexibility index (Phi) is 5.96. The summed E-state index contributed by atoms with van der Waals surface area (Å²) in [5, 5.41) is 12.4. The fourth-order valence-corrected chi connectivity index (χ4v) is 5.58. The van der Waals surface area contributed by atoms with E-state index < -0.39 is 17.7 Å². The molecule has 0 radical (unpaired) electrons. The first-order valence-electron chi connectivity index (χ1n) is 11.5. The van der Waals surface area contributed by atoms with Crippen molar-refractivity contribution in [2.24, 2.45) is 7.05 Å². The lowest BCUT2D eigenvalue weighted by molar-refractivity contribution is -0.132. The number of carbonyl (C=O) groups is 2. The summed E-state index contributed by atoms with van der Waals surface area (Å²) in [6.45, 7) is 3.91. The van der Waals surface area contributed by atoms with Crippen LogP contribution in [0, 0.1) is 13.8 Å². The molecule has 1 unspecified atom stereocenters. The zero-order valence-electron chi connectivity index (χ0n) is 20.4. The first-order valence-corrected chi connectivity index (χ1v) is 12.3. The molecule has 1 aromatic heterocycles. The van der Waals surface area contributed by atoms with Crippen LogP contribution in [-0.4, -0.2) is 28.5 Å². The molecular weight excluding hydrogens is 520 g/mol. The van der Waals surface area contributed by atoms with Gasteiger partial charge in [-0.2, -0.15) is 0 Å². The van der Waals surface area contributed by atoms with Crippen LogP contribution < -0.4 is 9.64 Å². The summed E-state index contributed by atoms with van der Waals surface area (Å²) in [6.07, 6.45) is 1.92. The van der Waals surface area contributed by atoms with E-state index in [4.69, 9.17) is 4.74 Å². The van der Waals surface area contributed by atoms with Crippen LogP contribution in [0.4, 0.5) is 5.69 Å². The van der Waals surface area contributed by atoms with E-state index in [0.29, 0.717) is 21.5 Å². The van der Waals surface area contributed by atoms with Gasteiger partial charge in [-0.05, 0) is 77.3 Å². The summed E-state index contributed by atoms with van der Waals surface area (Å²) in [7, 11) is 3.48. The molecule has 3 aromatic carbocycles. The van der Waals surface area contributed by atoms with Crippen molar-refractivity contribution in [2.45, 2.75) is 19.9 Å². The quantitative estimate of drug-likeness (QED) is 0.189. The SMILES string of the molecule is COc1ccc(/C(O)=C2\C(=O)C(=O)N(c3cc(C)cc(C)c3)C2c2cn(C)c3ccccc23)cc1Br. The minimum atomic E-state index is -0.807. The molecule has 5 rings (SSSR count). The average Bonchev–Trinajstić information content (AvgIpc) is 3.31. The van der Waals surface area contributed by atoms with E-state index in [1.165, 1.54) is 4.90 Å². The number of nitrogens with zero attached hydrogens (tertiary/aromatic N) is 2. The Labute approximate surface area is 217 Å². The standard InChI is InChI=1S/C29H25BrN2O4/c1-16-11-17(2)13-19(12-16)32-26(21-15-31(3)23-8-6-5-7-20(21)23)25(28(34)29(32)35)27(33)18-9-10-24(36-4)22(30)14-18/h5-15,26,33H,1-4H3/b27-25+. The molecule has 36 heavy (non-hydrogen) atoms. The number of ketones is 1. The van der Waals surface area contributed by atoms with Crippen molar-refractivity contribution in [1.29, 1.82) is 0 Å². The number of rotatable bonds is 4. The molecule has 0 bridgehead atoms. The number of halogens is 1. The lowest BCUT2D eigenvalue weighted by atomic mass is 9.94. The third-order valence-corrected chi connectivity index (χ3v) is 7.20. The van der Waals surface area contributed by atoms with Crippen LogP contribution in [0.1, 0.15) is 28.3 Å². The number of fused-ring (bicyclic) bond motifs is 1. The number of amides is 1. The van der Waals surface area contributed by atoms with E-state index in [-0.39, 0.29) is 11.3 Å². The minimum absolute atomic E-state index is 0.0487. The zero-order chi connectivity index (χ0) is 25.7. The number of methoxy groups -OCH3 is 1. The normalized spacial score (nSPS) is 17.2. The van der Waals surface area contributed by atoms with Gasteiger partial charge >= 0.3 is 0 Å². The van der Waals surface area contributed by atoms with Gasteiger partial charge in [0.2, 0.25) is 0 Å². The highest BCUT2D eigenvalue weighted by Crippen LogP contribution is 2.45. The third-order valence-electron chi connectivity index (χ3n) is 6.58. The number of carbonyl (C=O) groups excluding carboxylic acids is 2. The number of hydrogen-bond acceptors (Lipinski definition) is 4. The smallest absolute Gasteiger partial charge is 0.300 e. The Hall–Kier alpha value is -3.84. The minimum Gasteiger partial charge on any atom is -0.507 e. The van der Waals surface area contributed by atoms with E-state index in [2.05, 4.69) is 15.9 Å².